The van der Waals surface area contributed by atoms with Crippen LogP contribution in [0.5, 0.6) is 11.5 Å². The Morgan fingerprint density at radius 2 is 1.82 bits per heavy atom. The monoisotopic (exact) mass is 465 g/mol. The van der Waals surface area contributed by atoms with Gasteiger partial charge in [-0.2, -0.15) is 0 Å². The molecule has 2 aromatic carbocycles. The van der Waals surface area contributed by atoms with Gasteiger partial charge in [-0.15, -0.1) is 0 Å². The molecule has 2 aliphatic rings. The van der Waals surface area contributed by atoms with Gasteiger partial charge in [-0.3, -0.25) is 4.79 Å². The summed E-state index contributed by atoms with van der Waals surface area (Å²) in [4.78, 5) is 26.1. The number of carbonyl (C=O) groups is 1. The molecule has 5 rings (SSSR count). The number of anilines is 2. The third-order valence-corrected chi connectivity index (χ3v) is 6.11. The minimum absolute atomic E-state index is 0.0365. The van der Waals surface area contributed by atoms with Crippen molar-refractivity contribution >= 4 is 29.1 Å². The van der Waals surface area contributed by atoms with Gasteiger partial charge in [-0.25, -0.2) is 9.97 Å². The fraction of sp³-hybridized carbons (Fsp3) is 0.292. The van der Waals surface area contributed by atoms with Gasteiger partial charge < -0.3 is 24.6 Å². The first-order valence-electron chi connectivity index (χ1n) is 10.8. The van der Waals surface area contributed by atoms with Gasteiger partial charge in [0.05, 0.1) is 11.3 Å². The highest BCUT2D eigenvalue weighted by atomic mass is 35.5. The number of nitrogens with one attached hydrogen (secondary N) is 1. The van der Waals surface area contributed by atoms with E-state index in [0.29, 0.717) is 36.8 Å². The van der Waals surface area contributed by atoms with Crippen molar-refractivity contribution in [2.75, 3.05) is 43.2 Å². The minimum atomic E-state index is -0.0365. The summed E-state index contributed by atoms with van der Waals surface area (Å²) in [6, 6.07) is 13.6. The summed E-state index contributed by atoms with van der Waals surface area (Å²) < 4.78 is 10.8. The molecular weight excluding hydrogens is 442 g/mol. The van der Waals surface area contributed by atoms with Crippen LogP contribution in [0, 0.1) is 6.92 Å². The Morgan fingerprint density at radius 1 is 1.06 bits per heavy atom. The molecule has 1 amide bonds. The van der Waals surface area contributed by atoms with Crippen LogP contribution < -0.4 is 19.7 Å². The first kappa shape index (κ1) is 21.3. The lowest BCUT2D eigenvalue weighted by Gasteiger charge is -2.36. The third-order valence-electron chi connectivity index (χ3n) is 5.86. The van der Waals surface area contributed by atoms with E-state index < -0.39 is 0 Å². The summed E-state index contributed by atoms with van der Waals surface area (Å²) in [5.74, 6) is 1.94. The molecule has 33 heavy (non-hydrogen) atoms. The molecule has 0 bridgehead atoms. The highest BCUT2D eigenvalue weighted by molar-refractivity contribution is 6.30. The normalized spacial score (nSPS) is 15.0. The van der Waals surface area contributed by atoms with E-state index in [1.54, 1.807) is 6.20 Å². The number of aromatic nitrogens is 2. The maximum absolute atomic E-state index is 13.1. The van der Waals surface area contributed by atoms with Crippen LogP contribution in [-0.2, 0) is 6.54 Å². The zero-order chi connectivity index (χ0) is 22.8. The predicted octanol–water partition coefficient (Wildman–Crippen LogP) is 3.74. The highest BCUT2D eigenvalue weighted by Gasteiger charge is 2.24. The topological polar surface area (TPSA) is 79.8 Å². The lowest BCUT2D eigenvalue weighted by molar-refractivity contribution is 0.0745. The molecule has 0 atom stereocenters. The van der Waals surface area contributed by atoms with Crippen LogP contribution in [0.1, 0.15) is 21.6 Å². The van der Waals surface area contributed by atoms with Crippen LogP contribution in [0.15, 0.2) is 48.7 Å². The average Bonchev–Trinajstić information content (AvgIpc) is 3.31. The number of aryl methyl sites for hydroxylation is 1. The fourth-order valence-corrected chi connectivity index (χ4v) is 4.11. The number of rotatable bonds is 5. The van der Waals surface area contributed by atoms with E-state index in [-0.39, 0.29) is 12.7 Å². The Bertz CT molecular complexity index is 1160. The van der Waals surface area contributed by atoms with Gasteiger partial charge in [0.25, 0.3) is 5.91 Å². The Balaban J connectivity index is 1.18. The van der Waals surface area contributed by atoms with E-state index >= 15 is 0 Å². The second kappa shape index (κ2) is 9.15. The van der Waals surface area contributed by atoms with Crippen LogP contribution in [0.4, 0.5) is 11.6 Å². The van der Waals surface area contributed by atoms with Crippen molar-refractivity contribution in [2.45, 2.75) is 13.5 Å². The fourth-order valence-electron chi connectivity index (χ4n) is 3.98. The predicted molar refractivity (Wildman–Crippen MR) is 126 cm³/mol. The van der Waals surface area contributed by atoms with Crippen molar-refractivity contribution in [1.82, 2.24) is 14.9 Å². The van der Waals surface area contributed by atoms with Crippen LogP contribution in [0.3, 0.4) is 0 Å². The molecule has 1 fully saturated rings. The van der Waals surface area contributed by atoms with E-state index in [9.17, 15) is 4.79 Å². The van der Waals surface area contributed by atoms with Crippen LogP contribution in [-0.4, -0.2) is 53.7 Å². The van der Waals surface area contributed by atoms with Crippen LogP contribution in [0.25, 0.3) is 0 Å². The maximum atomic E-state index is 13.1. The number of nitrogens with zero attached hydrogens (tertiary/aromatic N) is 4. The molecule has 3 heterocycles. The first-order chi connectivity index (χ1) is 16.1. The maximum Gasteiger partial charge on any atom is 0.257 e. The average molecular weight is 466 g/mol. The van der Waals surface area contributed by atoms with Gasteiger partial charge in [0.2, 0.25) is 12.7 Å². The van der Waals surface area contributed by atoms with Crippen molar-refractivity contribution in [3.8, 4) is 11.5 Å². The summed E-state index contributed by atoms with van der Waals surface area (Å²) in [6.45, 7) is 5.45. The summed E-state index contributed by atoms with van der Waals surface area (Å²) in [7, 11) is 0. The standard InChI is InChI=1S/C24H24ClN5O3/c1-16-20(23(31)30-10-8-29(9-11-30)19-5-3-18(25)4-6-19)14-27-24(28-16)26-13-17-2-7-21-22(12-17)33-15-32-21/h2-7,12,14H,8-11,13,15H2,1H3,(H,26,27,28). The van der Waals surface area contributed by atoms with Gasteiger partial charge in [0.15, 0.2) is 11.5 Å². The number of piperazine rings is 1. The smallest absolute Gasteiger partial charge is 0.257 e. The minimum Gasteiger partial charge on any atom is -0.454 e. The Labute approximate surface area is 197 Å². The zero-order valence-corrected chi connectivity index (χ0v) is 19.0. The molecule has 3 aromatic rings. The van der Waals surface area contributed by atoms with Gasteiger partial charge in [-0.05, 0) is 48.9 Å². The lowest BCUT2D eigenvalue weighted by Crippen LogP contribution is -2.49. The molecule has 9 heteroatoms. The third kappa shape index (κ3) is 4.66. The quantitative estimate of drug-likeness (QED) is 0.614. The number of carbonyl (C=O) groups excluding carboxylic acids is 1. The molecule has 8 nitrogen and oxygen atoms in total. The molecule has 1 N–H and O–H groups in total. The number of hydrogen-bond donors (Lipinski definition) is 1. The van der Waals surface area contributed by atoms with E-state index in [2.05, 4.69) is 20.2 Å². The molecule has 0 spiro atoms. The molecule has 1 aromatic heterocycles. The van der Waals surface area contributed by atoms with Crippen LogP contribution >= 0.6 is 11.6 Å². The molecule has 0 aliphatic carbocycles. The number of hydrogen-bond acceptors (Lipinski definition) is 7. The Hall–Kier alpha value is -3.52. The highest BCUT2D eigenvalue weighted by Crippen LogP contribution is 2.32. The van der Waals surface area contributed by atoms with Crippen molar-refractivity contribution in [1.29, 1.82) is 0 Å². The number of benzene rings is 2. The summed E-state index contributed by atoms with van der Waals surface area (Å²) in [5, 5.41) is 3.93. The summed E-state index contributed by atoms with van der Waals surface area (Å²) >= 11 is 5.98. The number of fused-ring (bicyclic) bond motifs is 1. The van der Waals surface area contributed by atoms with E-state index in [4.69, 9.17) is 21.1 Å². The van der Waals surface area contributed by atoms with Gasteiger partial charge in [-0.1, -0.05) is 17.7 Å². The van der Waals surface area contributed by atoms with Gasteiger partial charge >= 0.3 is 0 Å². The largest absolute Gasteiger partial charge is 0.454 e. The Kier molecular flexibility index (Phi) is 5.92. The van der Waals surface area contributed by atoms with Crippen molar-refractivity contribution in [3.63, 3.8) is 0 Å². The Morgan fingerprint density at radius 3 is 2.58 bits per heavy atom. The van der Waals surface area contributed by atoms with E-state index in [0.717, 1.165) is 40.9 Å². The SMILES string of the molecule is Cc1nc(NCc2ccc3c(c2)OCO3)ncc1C(=O)N1CCN(c2ccc(Cl)cc2)CC1. The number of amides is 1. The number of halogens is 1. The molecule has 1 saturated heterocycles. The summed E-state index contributed by atoms with van der Waals surface area (Å²) in [5.41, 5.74) is 3.33. The molecule has 2 aliphatic heterocycles. The second-order valence-corrected chi connectivity index (χ2v) is 8.43. The molecule has 0 radical (unpaired) electrons. The summed E-state index contributed by atoms with van der Waals surface area (Å²) in [6.07, 6.45) is 1.61. The van der Waals surface area contributed by atoms with Crippen molar-refractivity contribution in [2.24, 2.45) is 0 Å². The second-order valence-electron chi connectivity index (χ2n) is 7.99. The van der Waals surface area contributed by atoms with Gasteiger partial charge in [0.1, 0.15) is 0 Å². The number of ether oxygens (including phenoxy) is 2. The zero-order valence-electron chi connectivity index (χ0n) is 18.3. The van der Waals surface area contributed by atoms with Gasteiger partial charge in [0, 0.05) is 49.6 Å². The van der Waals surface area contributed by atoms with Crippen molar-refractivity contribution < 1.29 is 14.3 Å². The molecule has 0 saturated carbocycles. The first-order valence-corrected chi connectivity index (χ1v) is 11.2. The molecular formula is C24H24ClN5O3. The molecule has 170 valence electrons. The van der Waals surface area contributed by atoms with E-state index in [1.165, 1.54) is 0 Å². The van der Waals surface area contributed by atoms with E-state index in [1.807, 2.05) is 54.3 Å². The van der Waals surface area contributed by atoms with Crippen LogP contribution in [0.2, 0.25) is 5.02 Å². The lowest BCUT2D eigenvalue weighted by atomic mass is 10.2. The van der Waals surface area contributed by atoms with Crippen molar-refractivity contribution in [3.05, 3.63) is 70.5 Å². The molecule has 0 unspecified atom stereocenters.